The molecule has 50 heavy (non-hydrogen) atoms. The van der Waals surface area contributed by atoms with Gasteiger partial charge in [-0.1, -0.05) is 60.7 Å². The van der Waals surface area contributed by atoms with Gasteiger partial charge in [-0.05, 0) is 48.2 Å². The van der Waals surface area contributed by atoms with Crippen molar-refractivity contribution in [1.82, 2.24) is 20.4 Å². The van der Waals surface area contributed by atoms with Gasteiger partial charge in [0.05, 0.1) is 0 Å². The van der Waals surface area contributed by atoms with E-state index in [1.807, 2.05) is 60.7 Å². The summed E-state index contributed by atoms with van der Waals surface area (Å²) in [7, 11) is 0. The highest BCUT2D eigenvalue weighted by Crippen LogP contribution is 2.41. The van der Waals surface area contributed by atoms with Gasteiger partial charge in [0.25, 0.3) is 11.8 Å². The summed E-state index contributed by atoms with van der Waals surface area (Å²) >= 11 is 0. The van der Waals surface area contributed by atoms with Crippen LogP contribution in [0.4, 0.5) is 0 Å². The van der Waals surface area contributed by atoms with Gasteiger partial charge in [-0.2, -0.15) is 0 Å². The van der Waals surface area contributed by atoms with Crippen molar-refractivity contribution in [1.29, 1.82) is 0 Å². The van der Waals surface area contributed by atoms with Crippen molar-refractivity contribution < 1.29 is 28.8 Å². The number of nitrogens with one attached hydrogen (secondary N) is 2. The highest BCUT2D eigenvalue weighted by molar-refractivity contribution is 5.98. The Bertz CT molecular complexity index is 1560. The summed E-state index contributed by atoms with van der Waals surface area (Å²) in [4.78, 5) is 78.3. The minimum Gasteiger partial charge on any atom is -0.370 e. The summed E-state index contributed by atoms with van der Waals surface area (Å²) in [6, 6.07) is 26.0. The molecule has 2 aliphatic rings. The quantitative estimate of drug-likeness (QED) is 0.160. The molecule has 4 atom stereocenters. The number of hydrogen-bond donors (Lipinski definition) is 4. The molecule has 3 aromatic carbocycles. The molecule has 2 saturated carbocycles. The van der Waals surface area contributed by atoms with Gasteiger partial charge in [-0.25, -0.2) is 0 Å². The zero-order chi connectivity index (χ0) is 35.6. The third-order valence-electron chi connectivity index (χ3n) is 9.16. The molecule has 0 spiro atoms. The van der Waals surface area contributed by atoms with E-state index in [0.717, 1.165) is 12.8 Å². The van der Waals surface area contributed by atoms with Crippen molar-refractivity contribution in [3.05, 3.63) is 107 Å². The lowest BCUT2D eigenvalue weighted by Gasteiger charge is -2.23. The standard InChI is InChI=1S/C38H44N6O6/c39-33(45)15-19-43(21-17-35(47)41-31-23-29(31)25-7-3-1-4-8-25)37(49)27-11-13-28(14-12-27)38(50)44(20-16-34(40)46)22-18-36(48)42-32-24-30(32)26-9-5-2-6-10-26/h1-14,29-32H,15-24H2,(H2,39,45)(H2,40,46)(H,41,47)(H,42,48)/t29?,30?,31-,32-/m0/s1. The molecule has 5 rings (SSSR count). The molecule has 12 nitrogen and oxygen atoms in total. The molecule has 0 saturated heterocycles. The van der Waals surface area contributed by atoms with Crippen LogP contribution in [-0.4, -0.2) is 83.5 Å². The van der Waals surface area contributed by atoms with E-state index in [1.165, 1.54) is 45.2 Å². The van der Waals surface area contributed by atoms with E-state index in [1.54, 1.807) is 0 Å². The molecule has 12 heteroatoms. The molecule has 0 bridgehead atoms. The maximum absolute atomic E-state index is 13.5. The fraction of sp³-hybridized carbons (Fsp3) is 0.368. The molecular formula is C38H44N6O6. The lowest BCUT2D eigenvalue weighted by atomic mass is 10.1. The third-order valence-corrected chi connectivity index (χ3v) is 9.16. The molecule has 6 N–H and O–H groups in total. The van der Waals surface area contributed by atoms with Gasteiger partial charge in [0.15, 0.2) is 0 Å². The number of nitrogens with zero attached hydrogens (tertiary/aromatic N) is 2. The average molecular weight is 681 g/mol. The van der Waals surface area contributed by atoms with Crippen LogP contribution in [0.2, 0.25) is 0 Å². The number of rotatable bonds is 18. The van der Waals surface area contributed by atoms with Crippen molar-refractivity contribution in [3.8, 4) is 0 Å². The minimum atomic E-state index is -0.574. The Morgan fingerprint density at radius 1 is 0.520 bits per heavy atom. The van der Waals surface area contributed by atoms with Crippen molar-refractivity contribution in [2.75, 3.05) is 26.2 Å². The third kappa shape index (κ3) is 10.2. The lowest BCUT2D eigenvalue weighted by molar-refractivity contribution is -0.122. The summed E-state index contributed by atoms with van der Waals surface area (Å²) in [6.07, 6.45) is 1.67. The SMILES string of the molecule is NC(=O)CCN(CCC(=O)N[C@H]1CC1c1ccccc1)C(=O)c1ccc(C(=O)N(CCC(N)=O)CCC(=O)N[C@H]2CC2c2ccccc2)cc1. The van der Waals surface area contributed by atoms with Crippen molar-refractivity contribution in [2.24, 2.45) is 11.5 Å². The maximum atomic E-state index is 13.5. The van der Waals surface area contributed by atoms with Gasteiger partial charge in [0, 0.05) is 86.9 Å². The Kier molecular flexibility index (Phi) is 12.0. The second-order valence-electron chi connectivity index (χ2n) is 12.9. The highest BCUT2D eigenvalue weighted by atomic mass is 16.2. The summed E-state index contributed by atoms with van der Waals surface area (Å²) in [5.41, 5.74) is 13.6. The van der Waals surface area contributed by atoms with E-state index in [2.05, 4.69) is 10.6 Å². The number of hydrogen-bond acceptors (Lipinski definition) is 6. The molecule has 2 fully saturated rings. The summed E-state index contributed by atoms with van der Waals surface area (Å²) < 4.78 is 0. The predicted octanol–water partition coefficient (Wildman–Crippen LogP) is 2.45. The summed E-state index contributed by atoms with van der Waals surface area (Å²) in [5.74, 6) is -1.81. The van der Waals surface area contributed by atoms with Crippen molar-refractivity contribution in [3.63, 3.8) is 0 Å². The monoisotopic (exact) mass is 680 g/mol. The topological polar surface area (TPSA) is 185 Å². The zero-order valence-electron chi connectivity index (χ0n) is 28.0. The van der Waals surface area contributed by atoms with Crippen LogP contribution >= 0.6 is 0 Å². The first-order valence-electron chi connectivity index (χ1n) is 17.0. The number of primary amides is 2. The first kappa shape index (κ1) is 35.8. The van der Waals surface area contributed by atoms with Crippen LogP contribution in [0, 0.1) is 0 Å². The van der Waals surface area contributed by atoms with E-state index < -0.39 is 23.6 Å². The normalized spacial score (nSPS) is 18.7. The highest BCUT2D eigenvalue weighted by Gasteiger charge is 2.40. The molecule has 2 aliphatic carbocycles. The van der Waals surface area contributed by atoms with E-state index in [4.69, 9.17) is 11.5 Å². The zero-order valence-corrected chi connectivity index (χ0v) is 28.0. The fourth-order valence-corrected chi connectivity index (χ4v) is 6.12. The Labute approximate surface area is 291 Å². The van der Waals surface area contributed by atoms with Gasteiger partial charge < -0.3 is 31.9 Å². The minimum absolute atomic E-state index is 0.0358. The van der Waals surface area contributed by atoms with Crippen molar-refractivity contribution >= 4 is 35.4 Å². The first-order valence-corrected chi connectivity index (χ1v) is 17.0. The van der Waals surface area contributed by atoms with E-state index in [-0.39, 0.29) is 98.7 Å². The molecule has 0 aliphatic heterocycles. The Hall–Kier alpha value is -5.52. The molecule has 262 valence electrons. The smallest absolute Gasteiger partial charge is 0.253 e. The fourth-order valence-electron chi connectivity index (χ4n) is 6.12. The maximum Gasteiger partial charge on any atom is 0.253 e. The van der Waals surface area contributed by atoms with Gasteiger partial charge >= 0.3 is 0 Å². The molecule has 0 aromatic heterocycles. The Balaban J connectivity index is 1.15. The summed E-state index contributed by atoms with van der Waals surface area (Å²) in [6.45, 7) is 0.233. The first-order chi connectivity index (χ1) is 24.1. The average Bonchev–Trinajstić information content (AvgIpc) is 4.05. The second-order valence-corrected chi connectivity index (χ2v) is 12.9. The summed E-state index contributed by atoms with van der Waals surface area (Å²) in [5, 5.41) is 6.05. The van der Waals surface area contributed by atoms with E-state index in [9.17, 15) is 28.8 Å². The van der Waals surface area contributed by atoms with Crippen LogP contribution in [0.1, 0.15) is 82.2 Å². The van der Waals surface area contributed by atoms with Gasteiger partial charge in [-0.3, -0.25) is 28.8 Å². The molecule has 6 amide bonds. The largest absolute Gasteiger partial charge is 0.370 e. The van der Waals surface area contributed by atoms with Crippen LogP contribution < -0.4 is 22.1 Å². The number of carbonyl (C=O) groups is 6. The molecule has 3 aromatic rings. The Morgan fingerprint density at radius 3 is 1.20 bits per heavy atom. The van der Waals surface area contributed by atoms with Crippen LogP contribution in [0.3, 0.4) is 0 Å². The Morgan fingerprint density at radius 2 is 0.860 bits per heavy atom. The molecule has 2 unspecified atom stereocenters. The molecule has 0 radical (unpaired) electrons. The lowest BCUT2D eigenvalue weighted by Crippen LogP contribution is -2.38. The number of carbonyl (C=O) groups excluding carboxylic acids is 6. The number of amides is 6. The van der Waals surface area contributed by atoms with Gasteiger partial charge in [0.2, 0.25) is 23.6 Å². The van der Waals surface area contributed by atoms with E-state index >= 15 is 0 Å². The number of nitrogens with two attached hydrogens (primary N) is 2. The number of benzene rings is 3. The predicted molar refractivity (Wildman–Crippen MR) is 187 cm³/mol. The van der Waals surface area contributed by atoms with Crippen LogP contribution in [0.15, 0.2) is 84.9 Å². The van der Waals surface area contributed by atoms with Crippen LogP contribution in [0.25, 0.3) is 0 Å². The van der Waals surface area contributed by atoms with Gasteiger partial charge in [-0.15, -0.1) is 0 Å². The van der Waals surface area contributed by atoms with E-state index in [0.29, 0.717) is 0 Å². The van der Waals surface area contributed by atoms with Crippen molar-refractivity contribution in [2.45, 2.75) is 62.4 Å². The van der Waals surface area contributed by atoms with Crippen LogP contribution in [0.5, 0.6) is 0 Å². The molecular weight excluding hydrogens is 636 g/mol. The van der Waals surface area contributed by atoms with Crippen LogP contribution in [-0.2, 0) is 19.2 Å². The van der Waals surface area contributed by atoms with Gasteiger partial charge in [0.1, 0.15) is 0 Å². The second kappa shape index (κ2) is 16.7. The molecule has 0 heterocycles.